The van der Waals surface area contributed by atoms with Crippen LogP contribution in [0.5, 0.6) is 11.5 Å². The van der Waals surface area contributed by atoms with Crippen molar-refractivity contribution in [2.24, 2.45) is 0 Å². The summed E-state index contributed by atoms with van der Waals surface area (Å²) in [6, 6.07) is 13.1. The third-order valence-corrected chi connectivity index (χ3v) is 5.47. The quantitative estimate of drug-likeness (QED) is 0.783. The van der Waals surface area contributed by atoms with Gasteiger partial charge in [-0.25, -0.2) is 0 Å². The summed E-state index contributed by atoms with van der Waals surface area (Å²) in [6.07, 6.45) is 4.06. The Kier molecular flexibility index (Phi) is 4.98. The van der Waals surface area contributed by atoms with E-state index >= 15 is 0 Å². The zero-order chi connectivity index (χ0) is 18.9. The molecule has 1 amide bonds. The summed E-state index contributed by atoms with van der Waals surface area (Å²) < 4.78 is 12.0. The molecule has 4 rings (SSSR count). The number of fused-ring (bicyclic) bond motifs is 1. The minimum Gasteiger partial charge on any atom is -0.448 e. The molecule has 1 aliphatic heterocycles. The van der Waals surface area contributed by atoms with Crippen LogP contribution < -0.4 is 20.1 Å². The summed E-state index contributed by atoms with van der Waals surface area (Å²) in [5, 5.41) is 6.79. The average Bonchev–Trinajstić information content (AvgIpc) is 3.25. The van der Waals surface area contributed by atoms with E-state index in [1.807, 2.05) is 49.4 Å². The first kappa shape index (κ1) is 18.1. The average molecular weight is 387 g/mol. The maximum atomic E-state index is 12.3. The molecule has 0 saturated heterocycles. The Balaban J connectivity index is 1.34. The Morgan fingerprint density at radius 3 is 2.67 bits per heavy atom. The molecule has 1 atom stereocenters. The van der Waals surface area contributed by atoms with E-state index in [0.717, 1.165) is 37.0 Å². The first-order chi connectivity index (χ1) is 13.0. The first-order valence-electron chi connectivity index (χ1n) is 9.34. The molecule has 0 aromatic heterocycles. The van der Waals surface area contributed by atoms with Crippen molar-refractivity contribution in [3.8, 4) is 11.5 Å². The maximum Gasteiger partial charge on any atom is 0.251 e. The molecular weight excluding hydrogens is 364 g/mol. The molecule has 1 spiro atoms. The molecule has 2 aliphatic rings. The minimum absolute atomic E-state index is 0.0246. The van der Waals surface area contributed by atoms with Gasteiger partial charge in [0, 0.05) is 35.7 Å². The van der Waals surface area contributed by atoms with Crippen LogP contribution >= 0.6 is 11.6 Å². The number of benzene rings is 2. The Morgan fingerprint density at radius 2 is 1.89 bits per heavy atom. The highest BCUT2D eigenvalue weighted by Crippen LogP contribution is 2.47. The van der Waals surface area contributed by atoms with Crippen molar-refractivity contribution in [3.63, 3.8) is 0 Å². The van der Waals surface area contributed by atoms with Crippen molar-refractivity contribution in [2.75, 3.05) is 11.9 Å². The van der Waals surface area contributed by atoms with Gasteiger partial charge < -0.3 is 20.1 Å². The third kappa shape index (κ3) is 3.89. The van der Waals surface area contributed by atoms with Gasteiger partial charge in [-0.2, -0.15) is 0 Å². The van der Waals surface area contributed by atoms with Crippen LogP contribution in [-0.2, 0) is 4.79 Å². The standard InChI is InChI=1S/C21H23ClN2O3/c1-14(16-6-2-3-7-17(16)22)23-13-20(25)24-15-8-9-18-19(12-15)27-21(26-18)10-4-5-11-21/h2-3,6-9,12,14,23H,4-5,10-11,13H2,1H3,(H,24,25)/t14-/m0/s1. The van der Waals surface area contributed by atoms with E-state index in [2.05, 4.69) is 10.6 Å². The minimum atomic E-state index is -0.489. The second-order valence-corrected chi connectivity index (χ2v) is 7.56. The number of nitrogens with one attached hydrogen (secondary N) is 2. The molecule has 0 bridgehead atoms. The Hall–Kier alpha value is -2.24. The van der Waals surface area contributed by atoms with Gasteiger partial charge in [-0.15, -0.1) is 0 Å². The van der Waals surface area contributed by atoms with E-state index in [0.29, 0.717) is 16.5 Å². The fourth-order valence-electron chi connectivity index (χ4n) is 3.68. The predicted octanol–water partition coefficient (Wildman–Crippen LogP) is 4.67. The molecule has 0 unspecified atom stereocenters. The highest BCUT2D eigenvalue weighted by molar-refractivity contribution is 6.31. The van der Waals surface area contributed by atoms with E-state index in [9.17, 15) is 4.79 Å². The normalized spacial score (nSPS) is 17.9. The lowest BCUT2D eigenvalue weighted by molar-refractivity contribution is -0.115. The molecule has 0 radical (unpaired) electrons. The SMILES string of the molecule is C[C@H](NCC(=O)Nc1ccc2c(c1)OC1(CCCC1)O2)c1ccccc1Cl. The Morgan fingerprint density at radius 1 is 1.15 bits per heavy atom. The molecule has 2 N–H and O–H groups in total. The first-order valence-corrected chi connectivity index (χ1v) is 9.72. The second kappa shape index (κ2) is 7.41. The Labute approximate surface area is 164 Å². The zero-order valence-electron chi connectivity index (χ0n) is 15.3. The highest BCUT2D eigenvalue weighted by atomic mass is 35.5. The number of anilines is 1. The summed E-state index contributed by atoms with van der Waals surface area (Å²) in [7, 11) is 0. The fourth-order valence-corrected chi connectivity index (χ4v) is 3.98. The number of ether oxygens (including phenoxy) is 2. The molecule has 1 saturated carbocycles. The molecule has 2 aromatic carbocycles. The second-order valence-electron chi connectivity index (χ2n) is 7.16. The molecule has 142 valence electrons. The van der Waals surface area contributed by atoms with Crippen molar-refractivity contribution in [3.05, 3.63) is 53.1 Å². The lowest BCUT2D eigenvalue weighted by Crippen LogP contribution is -2.34. The number of carbonyl (C=O) groups excluding carboxylic acids is 1. The van der Waals surface area contributed by atoms with E-state index in [4.69, 9.17) is 21.1 Å². The number of rotatable bonds is 5. The third-order valence-electron chi connectivity index (χ3n) is 5.13. The Bertz CT molecular complexity index is 849. The number of hydrogen-bond acceptors (Lipinski definition) is 4. The van der Waals surface area contributed by atoms with Gasteiger partial charge in [0.1, 0.15) is 0 Å². The van der Waals surface area contributed by atoms with E-state index in [-0.39, 0.29) is 18.5 Å². The van der Waals surface area contributed by atoms with Crippen molar-refractivity contribution in [1.82, 2.24) is 5.32 Å². The van der Waals surface area contributed by atoms with Gasteiger partial charge in [-0.1, -0.05) is 29.8 Å². The van der Waals surface area contributed by atoms with E-state index < -0.39 is 5.79 Å². The zero-order valence-corrected chi connectivity index (χ0v) is 16.0. The summed E-state index contributed by atoms with van der Waals surface area (Å²) in [5.41, 5.74) is 1.67. The van der Waals surface area contributed by atoms with Crippen molar-refractivity contribution in [1.29, 1.82) is 0 Å². The smallest absolute Gasteiger partial charge is 0.251 e. The molecule has 6 heteroatoms. The van der Waals surface area contributed by atoms with Crippen LogP contribution in [0.2, 0.25) is 5.02 Å². The number of halogens is 1. The molecule has 1 aliphatic carbocycles. The van der Waals surface area contributed by atoms with Crippen molar-refractivity contribution in [2.45, 2.75) is 44.4 Å². The van der Waals surface area contributed by atoms with E-state index in [1.165, 1.54) is 0 Å². The van der Waals surface area contributed by atoms with Crippen LogP contribution in [0.3, 0.4) is 0 Å². The van der Waals surface area contributed by atoms with Crippen LogP contribution in [0.1, 0.15) is 44.2 Å². The van der Waals surface area contributed by atoms with Crippen LogP contribution in [0.4, 0.5) is 5.69 Å². The molecular formula is C21H23ClN2O3. The summed E-state index contributed by atoms with van der Waals surface area (Å²) in [5.74, 6) is 0.840. The highest BCUT2D eigenvalue weighted by Gasteiger charge is 2.44. The van der Waals surface area contributed by atoms with Gasteiger partial charge in [0.25, 0.3) is 5.79 Å². The predicted molar refractivity (Wildman–Crippen MR) is 105 cm³/mol. The molecule has 1 fully saturated rings. The fraction of sp³-hybridized carbons (Fsp3) is 0.381. The van der Waals surface area contributed by atoms with Gasteiger partial charge in [0.2, 0.25) is 5.91 Å². The van der Waals surface area contributed by atoms with Crippen LogP contribution in [-0.4, -0.2) is 18.2 Å². The van der Waals surface area contributed by atoms with Gasteiger partial charge in [0.05, 0.1) is 6.54 Å². The van der Waals surface area contributed by atoms with Crippen LogP contribution in [0, 0.1) is 0 Å². The summed E-state index contributed by atoms with van der Waals surface area (Å²) in [4.78, 5) is 12.3. The van der Waals surface area contributed by atoms with Gasteiger partial charge in [-0.05, 0) is 43.5 Å². The largest absolute Gasteiger partial charge is 0.448 e. The monoisotopic (exact) mass is 386 g/mol. The van der Waals surface area contributed by atoms with Gasteiger partial charge >= 0.3 is 0 Å². The van der Waals surface area contributed by atoms with Crippen LogP contribution in [0.15, 0.2) is 42.5 Å². The molecule has 5 nitrogen and oxygen atoms in total. The number of hydrogen-bond donors (Lipinski definition) is 2. The maximum absolute atomic E-state index is 12.3. The number of amides is 1. The van der Waals surface area contributed by atoms with Crippen LogP contribution in [0.25, 0.3) is 0 Å². The lowest BCUT2D eigenvalue weighted by atomic mass is 10.1. The summed E-state index contributed by atoms with van der Waals surface area (Å²) >= 11 is 6.20. The number of carbonyl (C=O) groups is 1. The summed E-state index contributed by atoms with van der Waals surface area (Å²) in [6.45, 7) is 2.17. The van der Waals surface area contributed by atoms with E-state index in [1.54, 1.807) is 0 Å². The molecule has 1 heterocycles. The van der Waals surface area contributed by atoms with Crippen molar-refractivity contribution < 1.29 is 14.3 Å². The topological polar surface area (TPSA) is 59.6 Å². The van der Waals surface area contributed by atoms with Gasteiger partial charge in [0.15, 0.2) is 11.5 Å². The van der Waals surface area contributed by atoms with Gasteiger partial charge in [-0.3, -0.25) is 4.79 Å². The van der Waals surface area contributed by atoms with Crippen molar-refractivity contribution >= 4 is 23.2 Å². The molecule has 2 aromatic rings. The molecule has 27 heavy (non-hydrogen) atoms. The lowest BCUT2D eigenvalue weighted by Gasteiger charge is -2.21.